The highest BCUT2D eigenvalue weighted by molar-refractivity contribution is 5.80. The van der Waals surface area contributed by atoms with Crippen molar-refractivity contribution in [3.63, 3.8) is 0 Å². The Morgan fingerprint density at radius 1 is 1.77 bits per heavy atom. The summed E-state index contributed by atoms with van der Waals surface area (Å²) in [5, 5.41) is 8.87. The minimum absolute atomic E-state index is 0.544. The monoisotopic (exact) mass is 183 g/mol. The third-order valence-corrected chi connectivity index (χ3v) is 2.07. The number of hydrogen-bond acceptors (Lipinski definition) is 3. The minimum atomic E-state index is -1.36. The molecule has 0 unspecified atom stereocenters. The van der Waals surface area contributed by atoms with Crippen molar-refractivity contribution in [1.82, 2.24) is 0 Å². The van der Waals surface area contributed by atoms with Crippen LogP contribution in [0.3, 0.4) is 0 Å². The average Bonchev–Trinajstić information content (AvgIpc) is 2.51. The minimum Gasteiger partial charge on any atom is -0.480 e. The van der Waals surface area contributed by atoms with Crippen LogP contribution in [0.25, 0.3) is 0 Å². The first-order chi connectivity index (χ1) is 6.00. The number of furan rings is 1. The quantitative estimate of drug-likeness (QED) is 0.735. The normalized spacial score (nSPS) is 15.3. The molecule has 0 radical (unpaired) electrons. The number of aliphatic carboxylic acids is 1. The van der Waals surface area contributed by atoms with Crippen molar-refractivity contribution in [3.8, 4) is 0 Å². The number of nitrogens with two attached hydrogens (primary N) is 1. The zero-order chi connectivity index (χ0) is 10.1. The van der Waals surface area contributed by atoms with Gasteiger partial charge in [-0.2, -0.15) is 0 Å². The van der Waals surface area contributed by atoms with Gasteiger partial charge in [0.1, 0.15) is 11.3 Å². The van der Waals surface area contributed by atoms with Gasteiger partial charge >= 0.3 is 5.97 Å². The molecule has 13 heavy (non-hydrogen) atoms. The van der Waals surface area contributed by atoms with Gasteiger partial charge in [-0.25, -0.2) is 4.79 Å². The van der Waals surface area contributed by atoms with Crippen LogP contribution in [0.4, 0.5) is 0 Å². The van der Waals surface area contributed by atoms with Crippen LogP contribution in [0.15, 0.2) is 16.7 Å². The summed E-state index contributed by atoms with van der Waals surface area (Å²) in [6.45, 7) is 3.35. The Morgan fingerprint density at radius 2 is 2.38 bits per heavy atom. The summed E-state index contributed by atoms with van der Waals surface area (Å²) in [5.74, 6) is -0.420. The molecule has 0 aromatic carbocycles. The lowest BCUT2D eigenvalue weighted by Crippen LogP contribution is -2.42. The summed E-state index contributed by atoms with van der Waals surface area (Å²) >= 11 is 0. The summed E-state index contributed by atoms with van der Waals surface area (Å²) < 4.78 is 5.11. The van der Waals surface area contributed by atoms with Gasteiger partial charge in [0.25, 0.3) is 0 Å². The molecule has 0 saturated heterocycles. The Balaban J connectivity index is 3.13. The first kappa shape index (κ1) is 9.80. The molecule has 0 aliphatic rings. The standard InChI is InChI=1S/C9H13NO3/c1-3-7-6(4-5-13-7)9(2,10)8(11)12/h4-5H,3,10H2,1-2H3,(H,11,12)/t9-/m0/s1. The van der Waals surface area contributed by atoms with Crippen LogP contribution in [-0.2, 0) is 16.8 Å². The Bertz CT molecular complexity index is 314. The predicted octanol–water partition coefficient (Wildman–Crippen LogP) is 1.10. The van der Waals surface area contributed by atoms with Gasteiger partial charge in [0, 0.05) is 12.0 Å². The third-order valence-electron chi connectivity index (χ3n) is 2.07. The van der Waals surface area contributed by atoms with E-state index < -0.39 is 11.5 Å². The first-order valence-corrected chi connectivity index (χ1v) is 4.09. The second kappa shape index (κ2) is 3.22. The lowest BCUT2D eigenvalue weighted by molar-refractivity contribution is -0.143. The molecule has 1 atom stereocenters. The Hall–Kier alpha value is -1.29. The number of carbonyl (C=O) groups is 1. The van der Waals surface area contributed by atoms with Crippen LogP contribution in [-0.4, -0.2) is 11.1 Å². The molecule has 1 rings (SSSR count). The number of carboxylic acids is 1. The summed E-state index contributed by atoms with van der Waals surface area (Å²) in [6.07, 6.45) is 2.10. The maximum Gasteiger partial charge on any atom is 0.328 e. The van der Waals surface area contributed by atoms with Gasteiger partial charge in [-0.05, 0) is 13.0 Å². The molecule has 0 aliphatic heterocycles. The lowest BCUT2D eigenvalue weighted by atomic mass is 9.93. The molecule has 4 nitrogen and oxygen atoms in total. The second-order valence-electron chi connectivity index (χ2n) is 3.12. The average molecular weight is 183 g/mol. The topological polar surface area (TPSA) is 76.5 Å². The molecule has 1 aromatic heterocycles. The van der Waals surface area contributed by atoms with Crippen molar-refractivity contribution in [2.75, 3.05) is 0 Å². The molecule has 0 fully saturated rings. The smallest absolute Gasteiger partial charge is 0.328 e. The van der Waals surface area contributed by atoms with Gasteiger partial charge in [-0.15, -0.1) is 0 Å². The van der Waals surface area contributed by atoms with Crippen LogP contribution >= 0.6 is 0 Å². The third kappa shape index (κ3) is 1.58. The molecule has 0 amide bonds. The Morgan fingerprint density at radius 3 is 2.85 bits per heavy atom. The van der Waals surface area contributed by atoms with Crippen molar-refractivity contribution in [1.29, 1.82) is 0 Å². The molecular formula is C9H13NO3. The second-order valence-corrected chi connectivity index (χ2v) is 3.12. The molecular weight excluding hydrogens is 170 g/mol. The van der Waals surface area contributed by atoms with Crippen molar-refractivity contribution >= 4 is 5.97 Å². The zero-order valence-corrected chi connectivity index (χ0v) is 7.70. The molecule has 0 bridgehead atoms. The van der Waals surface area contributed by atoms with E-state index in [1.807, 2.05) is 6.92 Å². The fraction of sp³-hybridized carbons (Fsp3) is 0.444. The maximum atomic E-state index is 10.8. The van der Waals surface area contributed by atoms with E-state index in [0.29, 0.717) is 17.7 Å². The molecule has 0 spiro atoms. The number of rotatable bonds is 3. The zero-order valence-electron chi connectivity index (χ0n) is 7.70. The van der Waals surface area contributed by atoms with Crippen molar-refractivity contribution in [2.24, 2.45) is 5.73 Å². The first-order valence-electron chi connectivity index (χ1n) is 4.09. The fourth-order valence-electron chi connectivity index (χ4n) is 1.19. The van der Waals surface area contributed by atoms with Gasteiger partial charge < -0.3 is 15.3 Å². The largest absolute Gasteiger partial charge is 0.480 e. The van der Waals surface area contributed by atoms with E-state index in [0.717, 1.165) is 0 Å². The van der Waals surface area contributed by atoms with E-state index in [1.54, 1.807) is 6.07 Å². The van der Waals surface area contributed by atoms with Gasteiger partial charge in [-0.3, -0.25) is 0 Å². The van der Waals surface area contributed by atoms with E-state index in [2.05, 4.69) is 0 Å². The highest BCUT2D eigenvalue weighted by Gasteiger charge is 2.33. The van der Waals surface area contributed by atoms with E-state index >= 15 is 0 Å². The van der Waals surface area contributed by atoms with E-state index in [1.165, 1.54) is 13.2 Å². The number of hydrogen-bond donors (Lipinski definition) is 2. The van der Waals surface area contributed by atoms with E-state index in [-0.39, 0.29) is 0 Å². The lowest BCUT2D eigenvalue weighted by Gasteiger charge is -2.18. The van der Waals surface area contributed by atoms with Crippen LogP contribution in [0.5, 0.6) is 0 Å². The van der Waals surface area contributed by atoms with E-state index in [4.69, 9.17) is 15.3 Å². The van der Waals surface area contributed by atoms with Crippen LogP contribution in [0.1, 0.15) is 25.2 Å². The molecule has 1 aromatic rings. The molecule has 4 heteroatoms. The number of aryl methyl sites for hydroxylation is 1. The van der Waals surface area contributed by atoms with Crippen molar-refractivity contribution in [3.05, 3.63) is 23.7 Å². The molecule has 0 aliphatic carbocycles. The highest BCUT2D eigenvalue weighted by Crippen LogP contribution is 2.23. The molecule has 1 heterocycles. The van der Waals surface area contributed by atoms with Crippen LogP contribution in [0, 0.1) is 0 Å². The van der Waals surface area contributed by atoms with Gasteiger partial charge in [-0.1, -0.05) is 6.92 Å². The van der Waals surface area contributed by atoms with Crippen molar-refractivity contribution in [2.45, 2.75) is 25.8 Å². The summed E-state index contributed by atoms with van der Waals surface area (Å²) in [6, 6.07) is 1.60. The molecule has 0 saturated carbocycles. The van der Waals surface area contributed by atoms with Crippen LogP contribution in [0.2, 0.25) is 0 Å². The summed E-state index contributed by atoms with van der Waals surface area (Å²) in [7, 11) is 0. The molecule has 72 valence electrons. The SMILES string of the molecule is CCc1occc1[C@](C)(N)C(=O)O. The van der Waals surface area contributed by atoms with Crippen molar-refractivity contribution < 1.29 is 14.3 Å². The Kier molecular flexibility index (Phi) is 2.43. The summed E-state index contributed by atoms with van der Waals surface area (Å²) in [5.41, 5.74) is 4.82. The van der Waals surface area contributed by atoms with Crippen LogP contribution < -0.4 is 5.73 Å². The maximum absolute atomic E-state index is 10.8. The van der Waals surface area contributed by atoms with Gasteiger partial charge in [0.2, 0.25) is 0 Å². The van der Waals surface area contributed by atoms with Gasteiger partial charge in [0.05, 0.1) is 6.26 Å². The Labute approximate surface area is 76.3 Å². The van der Waals surface area contributed by atoms with E-state index in [9.17, 15) is 4.79 Å². The predicted molar refractivity (Wildman–Crippen MR) is 47.3 cm³/mol. The fourth-order valence-corrected chi connectivity index (χ4v) is 1.19. The van der Waals surface area contributed by atoms with Gasteiger partial charge in [0.15, 0.2) is 0 Å². The summed E-state index contributed by atoms with van der Waals surface area (Å²) in [4.78, 5) is 10.8. The molecule has 3 N–H and O–H groups in total. The highest BCUT2D eigenvalue weighted by atomic mass is 16.4. The number of carboxylic acid groups (broad SMARTS) is 1.